The zero-order valence-corrected chi connectivity index (χ0v) is 15.7. The summed E-state index contributed by atoms with van der Waals surface area (Å²) < 4.78 is 82.7. The van der Waals surface area contributed by atoms with Gasteiger partial charge in [-0.25, -0.2) is 17.2 Å². The molecule has 0 unspecified atom stereocenters. The highest BCUT2D eigenvalue weighted by molar-refractivity contribution is 7.89. The quantitative estimate of drug-likeness (QED) is 0.682. The number of alkyl halides is 2. The molecule has 11 heteroatoms. The molecule has 1 saturated heterocycles. The first kappa shape index (κ1) is 21.1. The van der Waals surface area contributed by atoms with E-state index in [4.69, 9.17) is 0 Å². The highest BCUT2D eigenvalue weighted by Gasteiger charge is 2.34. The molecule has 6 nitrogen and oxygen atoms in total. The topological polar surface area (TPSA) is 66.9 Å². The van der Waals surface area contributed by atoms with E-state index >= 15 is 0 Å². The molecule has 1 fully saturated rings. The molecule has 3 rings (SSSR count). The van der Waals surface area contributed by atoms with Gasteiger partial charge in [0.15, 0.2) is 4.90 Å². The van der Waals surface area contributed by atoms with Gasteiger partial charge in [-0.2, -0.15) is 13.1 Å². The van der Waals surface area contributed by atoms with Crippen molar-refractivity contribution in [3.8, 4) is 5.75 Å². The van der Waals surface area contributed by atoms with Gasteiger partial charge in [0.1, 0.15) is 17.4 Å². The second kappa shape index (κ2) is 8.37. The Labute approximate surface area is 164 Å². The highest BCUT2D eigenvalue weighted by Crippen LogP contribution is 2.24. The number of hydrogen-bond acceptors (Lipinski definition) is 4. The van der Waals surface area contributed by atoms with E-state index in [0.717, 1.165) is 28.6 Å². The molecule has 0 atom stereocenters. The van der Waals surface area contributed by atoms with E-state index in [1.54, 1.807) is 0 Å². The summed E-state index contributed by atoms with van der Waals surface area (Å²) in [7, 11) is -4.42. The summed E-state index contributed by atoms with van der Waals surface area (Å²) in [5.41, 5.74) is 0.0969. The molecule has 0 radical (unpaired) electrons. The fourth-order valence-electron chi connectivity index (χ4n) is 2.98. The van der Waals surface area contributed by atoms with Crippen LogP contribution in [0.4, 0.5) is 17.6 Å². The molecule has 29 heavy (non-hydrogen) atoms. The van der Waals surface area contributed by atoms with Crippen molar-refractivity contribution in [1.82, 2.24) is 9.21 Å². The molecule has 0 N–H and O–H groups in total. The molecule has 0 saturated carbocycles. The number of sulfonamides is 1. The standard InChI is InChI=1S/C18H16F4N2O4S/c19-14-5-2-6-15(20)16(14)29(26,27)24-9-7-23(8-10-24)17(25)12-3-1-4-13(11-12)28-18(21)22/h1-6,11,18H,7-10H2. The van der Waals surface area contributed by atoms with E-state index < -0.39 is 39.1 Å². The van der Waals surface area contributed by atoms with Crippen molar-refractivity contribution in [3.05, 3.63) is 59.7 Å². The molecule has 0 bridgehead atoms. The number of amides is 1. The number of ether oxygens (including phenoxy) is 1. The van der Waals surface area contributed by atoms with Crippen molar-refractivity contribution >= 4 is 15.9 Å². The molecule has 0 aliphatic carbocycles. The SMILES string of the molecule is O=C(c1cccc(OC(F)F)c1)N1CCN(S(=O)(=O)c2c(F)cccc2F)CC1. The predicted octanol–water partition coefficient (Wildman–Crippen LogP) is 2.71. The average Bonchev–Trinajstić information content (AvgIpc) is 2.67. The molecule has 1 heterocycles. The zero-order valence-electron chi connectivity index (χ0n) is 14.9. The van der Waals surface area contributed by atoms with E-state index in [-0.39, 0.29) is 37.5 Å². The summed E-state index contributed by atoms with van der Waals surface area (Å²) in [6.45, 7) is -3.44. The van der Waals surface area contributed by atoms with E-state index in [1.807, 2.05) is 0 Å². The molecule has 0 spiro atoms. The minimum atomic E-state index is -4.42. The van der Waals surface area contributed by atoms with Crippen LogP contribution in [-0.4, -0.2) is 56.3 Å². The van der Waals surface area contributed by atoms with Gasteiger partial charge in [-0.1, -0.05) is 12.1 Å². The Morgan fingerprint density at radius 2 is 1.55 bits per heavy atom. The molecule has 2 aromatic rings. The molecule has 1 aliphatic rings. The monoisotopic (exact) mass is 432 g/mol. The number of rotatable bonds is 5. The smallest absolute Gasteiger partial charge is 0.387 e. The minimum Gasteiger partial charge on any atom is -0.435 e. The minimum absolute atomic E-state index is 0.0337. The third kappa shape index (κ3) is 4.51. The summed E-state index contributed by atoms with van der Waals surface area (Å²) in [5, 5.41) is 0. The maximum Gasteiger partial charge on any atom is 0.387 e. The number of nitrogens with zero attached hydrogens (tertiary/aromatic N) is 2. The Hall–Kier alpha value is -2.66. The van der Waals surface area contributed by atoms with E-state index in [0.29, 0.717) is 0 Å². The molecule has 0 aromatic heterocycles. The van der Waals surface area contributed by atoms with Crippen LogP contribution in [0.3, 0.4) is 0 Å². The van der Waals surface area contributed by atoms with Crippen LogP contribution in [0.5, 0.6) is 5.75 Å². The van der Waals surface area contributed by atoms with Crippen LogP contribution < -0.4 is 4.74 Å². The van der Waals surface area contributed by atoms with Crippen molar-refractivity contribution < 1.29 is 35.5 Å². The van der Waals surface area contributed by atoms with Crippen LogP contribution >= 0.6 is 0 Å². The van der Waals surface area contributed by atoms with E-state index in [1.165, 1.54) is 23.1 Å². The number of halogens is 4. The maximum absolute atomic E-state index is 13.9. The molecule has 1 aliphatic heterocycles. The Morgan fingerprint density at radius 1 is 0.966 bits per heavy atom. The summed E-state index contributed by atoms with van der Waals surface area (Å²) in [6, 6.07) is 7.99. The summed E-state index contributed by atoms with van der Waals surface area (Å²) >= 11 is 0. The number of carbonyl (C=O) groups is 1. The van der Waals surface area contributed by atoms with Crippen LogP contribution in [0.25, 0.3) is 0 Å². The van der Waals surface area contributed by atoms with Gasteiger partial charge in [0.25, 0.3) is 5.91 Å². The Morgan fingerprint density at radius 3 is 2.14 bits per heavy atom. The second-order valence-corrected chi connectivity index (χ2v) is 8.03. The summed E-state index contributed by atoms with van der Waals surface area (Å²) in [4.78, 5) is 12.9. The fraction of sp³-hybridized carbons (Fsp3) is 0.278. The van der Waals surface area contributed by atoms with Crippen molar-refractivity contribution in [2.24, 2.45) is 0 Å². The van der Waals surface area contributed by atoms with Gasteiger partial charge in [-0.3, -0.25) is 4.79 Å². The van der Waals surface area contributed by atoms with Gasteiger partial charge in [-0.15, -0.1) is 0 Å². The van der Waals surface area contributed by atoms with Crippen LogP contribution in [0.15, 0.2) is 47.4 Å². The first-order valence-corrected chi connectivity index (χ1v) is 9.92. The highest BCUT2D eigenvalue weighted by atomic mass is 32.2. The number of benzene rings is 2. The largest absolute Gasteiger partial charge is 0.435 e. The van der Waals surface area contributed by atoms with Crippen LogP contribution in [0, 0.1) is 11.6 Å². The molecule has 2 aromatic carbocycles. The average molecular weight is 432 g/mol. The normalized spacial score (nSPS) is 15.6. The maximum atomic E-state index is 13.9. The second-order valence-electron chi connectivity index (χ2n) is 6.15. The van der Waals surface area contributed by atoms with E-state index in [9.17, 15) is 30.8 Å². The zero-order chi connectivity index (χ0) is 21.2. The Balaban J connectivity index is 1.71. The summed E-state index contributed by atoms with van der Waals surface area (Å²) in [5.74, 6) is -3.07. The lowest BCUT2D eigenvalue weighted by Gasteiger charge is -2.34. The lowest BCUT2D eigenvalue weighted by molar-refractivity contribution is -0.0499. The Kier molecular flexibility index (Phi) is 6.08. The van der Waals surface area contributed by atoms with Crippen molar-refractivity contribution in [1.29, 1.82) is 0 Å². The van der Waals surface area contributed by atoms with Crippen molar-refractivity contribution in [3.63, 3.8) is 0 Å². The molecular formula is C18H16F4N2O4S. The van der Waals surface area contributed by atoms with Crippen molar-refractivity contribution in [2.75, 3.05) is 26.2 Å². The molecule has 156 valence electrons. The van der Waals surface area contributed by atoms with Gasteiger partial charge in [0, 0.05) is 31.7 Å². The van der Waals surface area contributed by atoms with Gasteiger partial charge < -0.3 is 9.64 Å². The lowest BCUT2D eigenvalue weighted by atomic mass is 10.1. The van der Waals surface area contributed by atoms with Crippen LogP contribution in [-0.2, 0) is 10.0 Å². The third-order valence-electron chi connectivity index (χ3n) is 4.35. The number of piperazine rings is 1. The van der Waals surface area contributed by atoms with E-state index in [2.05, 4.69) is 4.74 Å². The fourth-order valence-corrected chi connectivity index (χ4v) is 4.51. The van der Waals surface area contributed by atoms with Crippen LogP contribution in [0.1, 0.15) is 10.4 Å². The molecular weight excluding hydrogens is 416 g/mol. The van der Waals surface area contributed by atoms with Gasteiger partial charge in [0.2, 0.25) is 10.0 Å². The number of hydrogen-bond donors (Lipinski definition) is 0. The summed E-state index contributed by atoms with van der Waals surface area (Å²) in [6.07, 6.45) is 0. The van der Waals surface area contributed by atoms with Crippen molar-refractivity contribution in [2.45, 2.75) is 11.5 Å². The molecule has 1 amide bonds. The Bertz CT molecular complexity index is 988. The lowest BCUT2D eigenvalue weighted by Crippen LogP contribution is -2.50. The van der Waals surface area contributed by atoms with Gasteiger partial charge in [-0.05, 0) is 30.3 Å². The van der Waals surface area contributed by atoms with Gasteiger partial charge >= 0.3 is 6.61 Å². The first-order chi connectivity index (χ1) is 13.7. The van der Waals surface area contributed by atoms with Crippen LogP contribution in [0.2, 0.25) is 0 Å². The number of carbonyl (C=O) groups excluding carboxylic acids is 1. The first-order valence-electron chi connectivity index (χ1n) is 8.48. The third-order valence-corrected chi connectivity index (χ3v) is 6.30. The predicted molar refractivity (Wildman–Crippen MR) is 94.1 cm³/mol. The van der Waals surface area contributed by atoms with Gasteiger partial charge in [0.05, 0.1) is 0 Å².